The molecule has 1 N–H and O–H groups in total. The number of rotatable bonds is 5. The Kier molecular flexibility index (Phi) is 4.58. The Labute approximate surface area is 193 Å². The fourth-order valence-electron chi connectivity index (χ4n) is 4.41. The van der Waals surface area contributed by atoms with E-state index >= 15 is 0 Å². The number of carbonyl (C=O) groups is 1. The molecule has 34 heavy (non-hydrogen) atoms. The quantitative estimate of drug-likeness (QED) is 0.437. The van der Waals surface area contributed by atoms with Gasteiger partial charge in [0.05, 0.1) is 23.4 Å². The third-order valence-electron chi connectivity index (χ3n) is 6.24. The highest BCUT2D eigenvalue weighted by Crippen LogP contribution is 2.44. The summed E-state index contributed by atoms with van der Waals surface area (Å²) in [6.07, 6.45) is 5.36. The zero-order chi connectivity index (χ0) is 23.4. The minimum absolute atomic E-state index is 0.0772. The fourth-order valence-corrected chi connectivity index (χ4v) is 4.41. The van der Waals surface area contributed by atoms with E-state index in [9.17, 15) is 14.0 Å². The molecule has 9 heteroatoms. The van der Waals surface area contributed by atoms with E-state index in [1.165, 1.54) is 4.40 Å². The van der Waals surface area contributed by atoms with E-state index in [4.69, 9.17) is 5.10 Å². The third kappa shape index (κ3) is 3.28. The Hall–Kier alpha value is -4.27. The van der Waals surface area contributed by atoms with Crippen molar-refractivity contribution in [2.24, 2.45) is 7.05 Å². The normalized spacial score (nSPS) is 13.6. The number of nitrogens with one attached hydrogen (secondary N) is 1. The van der Waals surface area contributed by atoms with Crippen LogP contribution in [-0.4, -0.2) is 29.6 Å². The maximum absolute atomic E-state index is 14.6. The van der Waals surface area contributed by atoms with Crippen LogP contribution in [0.1, 0.15) is 40.5 Å². The van der Waals surface area contributed by atoms with Gasteiger partial charge in [0.15, 0.2) is 5.69 Å². The van der Waals surface area contributed by atoms with Gasteiger partial charge in [-0.1, -0.05) is 18.2 Å². The van der Waals surface area contributed by atoms with Gasteiger partial charge in [0.25, 0.3) is 11.5 Å². The third-order valence-corrected chi connectivity index (χ3v) is 6.24. The number of aryl methyl sites for hydroxylation is 1. The monoisotopic (exact) mass is 456 g/mol. The number of benzene rings is 1. The lowest BCUT2D eigenvalue weighted by Crippen LogP contribution is -2.22. The van der Waals surface area contributed by atoms with E-state index in [1.807, 2.05) is 22.9 Å². The molecule has 6 rings (SSSR count). The highest BCUT2D eigenvalue weighted by atomic mass is 19.1. The molecule has 0 radical (unpaired) electrons. The number of imidazole rings is 1. The van der Waals surface area contributed by atoms with Gasteiger partial charge in [-0.25, -0.2) is 0 Å². The molecule has 4 aromatic heterocycles. The van der Waals surface area contributed by atoms with E-state index < -0.39 is 11.9 Å². The molecule has 1 aliphatic carbocycles. The zero-order valence-corrected chi connectivity index (χ0v) is 18.4. The summed E-state index contributed by atoms with van der Waals surface area (Å²) in [5.41, 5.74) is 3.01. The van der Waals surface area contributed by atoms with Crippen molar-refractivity contribution in [2.75, 3.05) is 5.32 Å². The van der Waals surface area contributed by atoms with Crippen molar-refractivity contribution < 1.29 is 9.18 Å². The Bertz CT molecular complexity index is 1640. The average molecular weight is 456 g/mol. The van der Waals surface area contributed by atoms with E-state index in [1.54, 1.807) is 54.3 Å². The number of aromatic nitrogens is 5. The summed E-state index contributed by atoms with van der Waals surface area (Å²) in [5, 5.41) is 8.54. The summed E-state index contributed by atoms with van der Waals surface area (Å²) in [5.74, 6) is -1.11. The lowest BCUT2D eigenvalue weighted by atomic mass is 10.1. The molecule has 1 amide bonds. The van der Waals surface area contributed by atoms with Crippen LogP contribution in [0.15, 0.2) is 65.7 Å². The fraction of sp³-hybridized carbons (Fsp3) is 0.200. The Morgan fingerprint density at radius 2 is 1.97 bits per heavy atom. The van der Waals surface area contributed by atoms with Gasteiger partial charge < -0.3 is 9.88 Å². The van der Waals surface area contributed by atoms with Crippen LogP contribution in [0.5, 0.6) is 0 Å². The Morgan fingerprint density at radius 1 is 1.12 bits per heavy atom. The molecule has 0 aliphatic heterocycles. The van der Waals surface area contributed by atoms with E-state index in [-0.39, 0.29) is 11.3 Å². The first kappa shape index (κ1) is 20.3. The van der Waals surface area contributed by atoms with Crippen LogP contribution in [0.25, 0.3) is 16.6 Å². The van der Waals surface area contributed by atoms with E-state index in [0.717, 1.165) is 29.4 Å². The van der Waals surface area contributed by atoms with Crippen molar-refractivity contribution in [1.29, 1.82) is 0 Å². The number of halogens is 1. The molecule has 0 atom stereocenters. The SMILES string of the molecule is Cn1cccc(Cn2nc(C3CC3)c3c(NC(=O)c4c(F)nc5ccccn45)cccc32)c1=O. The second kappa shape index (κ2) is 7.65. The number of hydrogen-bond donors (Lipinski definition) is 1. The second-order valence-corrected chi connectivity index (χ2v) is 8.60. The van der Waals surface area contributed by atoms with Crippen LogP contribution >= 0.6 is 0 Å². The standard InChI is InChI=1S/C25H21FN6O2/c1-30-12-5-6-16(25(30)34)14-32-18-8-4-7-17(20(18)21(29-32)15-10-11-15)27-24(33)22-23(26)28-19-9-2-3-13-31(19)22/h2-9,12-13,15H,10-11,14H2,1H3,(H,27,33). The number of amides is 1. The molecule has 0 bridgehead atoms. The van der Waals surface area contributed by atoms with E-state index in [2.05, 4.69) is 10.3 Å². The zero-order valence-electron chi connectivity index (χ0n) is 18.4. The molecule has 8 nitrogen and oxygen atoms in total. The molecule has 1 aromatic carbocycles. The van der Waals surface area contributed by atoms with Gasteiger partial charge in [-0.15, -0.1) is 0 Å². The summed E-state index contributed by atoms with van der Waals surface area (Å²) in [4.78, 5) is 29.6. The van der Waals surface area contributed by atoms with Crippen LogP contribution < -0.4 is 10.9 Å². The van der Waals surface area contributed by atoms with Gasteiger partial charge in [-0.2, -0.15) is 14.5 Å². The molecule has 0 saturated heterocycles. The Balaban J connectivity index is 1.43. The van der Waals surface area contributed by atoms with Crippen molar-refractivity contribution in [3.05, 3.63) is 94.2 Å². The molecule has 1 saturated carbocycles. The average Bonchev–Trinajstić information content (AvgIpc) is 3.52. The predicted molar refractivity (Wildman–Crippen MR) is 126 cm³/mol. The summed E-state index contributed by atoms with van der Waals surface area (Å²) in [7, 11) is 1.72. The van der Waals surface area contributed by atoms with Crippen LogP contribution in [0.2, 0.25) is 0 Å². The van der Waals surface area contributed by atoms with Gasteiger partial charge in [0.1, 0.15) is 5.65 Å². The molecular weight excluding hydrogens is 435 g/mol. The highest BCUT2D eigenvalue weighted by Gasteiger charge is 2.31. The molecule has 170 valence electrons. The molecule has 1 aliphatic rings. The molecule has 5 aromatic rings. The summed E-state index contributed by atoms with van der Waals surface area (Å²) >= 11 is 0. The van der Waals surface area contributed by atoms with Crippen LogP contribution in [-0.2, 0) is 13.6 Å². The minimum Gasteiger partial charge on any atom is -0.320 e. The van der Waals surface area contributed by atoms with E-state index in [0.29, 0.717) is 29.4 Å². The molecular formula is C25H21FN6O2. The lowest BCUT2D eigenvalue weighted by Gasteiger charge is -2.09. The number of anilines is 1. The van der Waals surface area contributed by atoms with Gasteiger partial charge >= 0.3 is 0 Å². The molecule has 4 heterocycles. The first-order valence-electron chi connectivity index (χ1n) is 11.1. The number of hydrogen-bond acceptors (Lipinski definition) is 4. The number of nitrogens with zero attached hydrogens (tertiary/aromatic N) is 5. The maximum Gasteiger partial charge on any atom is 0.277 e. The first-order valence-corrected chi connectivity index (χ1v) is 11.1. The van der Waals surface area contributed by atoms with Gasteiger partial charge in [0.2, 0.25) is 5.95 Å². The smallest absolute Gasteiger partial charge is 0.277 e. The van der Waals surface area contributed by atoms with Gasteiger partial charge in [-0.05, 0) is 43.2 Å². The predicted octanol–water partition coefficient (Wildman–Crippen LogP) is 3.70. The number of pyridine rings is 2. The van der Waals surface area contributed by atoms with Gasteiger partial charge in [-0.3, -0.25) is 18.7 Å². The lowest BCUT2D eigenvalue weighted by molar-refractivity contribution is 0.101. The van der Waals surface area contributed by atoms with Crippen molar-refractivity contribution in [3.8, 4) is 0 Å². The van der Waals surface area contributed by atoms with Crippen molar-refractivity contribution in [3.63, 3.8) is 0 Å². The maximum atomic E-state index is 14.6. The highest BCUT2D eigenvalue weighted by molar-refractivity contribution is 6.09. The molecule has 0 unspecified atom stereocenters. The molecule has 1 fully saturated rings. The molecule has 0 spiro atoms. The van der Waals surface area contributed by atoms with Crippen molar-refractivity contribution in [1.82, 2.24) is 23.7 Å². The minimum atomic E-state index is -0.825. The summed E-state index contributed by atoms with van der Waals surface area (Å²) in [6.45, 7) is 0.315. The Morgan fingerprint density at radius 3 is 2.79 bits per heavy atom. The second-order valence-electron chi connectivity index (χ2n) is 8.60. The number of carbonyl (C=O) groups excluding carboxylic acids is 1. The van der Waals surface area contributed by atoms with Crippen molar-refractivity contribution >= 4 is 28.1 Å². The summed E-state index contributed by atoms with van der Waals surface area (Å²) in [6, 6.07) is 14.3. The van der Waals surface area contributed by atoms with Crippen LogP contribution in [0.4, 0.5) is 10.1 Å². The first-order chi connectivity index (χ1) is 16.5. The topological polar surface area (TPSA) is 86.2 Å². The van der Waals surface area contributed by atoms with Crippen LogP contribution in [0, 0.1) is 5.95 Å². The van der Waals surface area contributed by atoms with Crippen LogP contribution in [0.3, 0.4) is 0 Å². The van der Waals surface area contributed by atoms with Gasteiger partial charge in [0, 0.05) is 36.3 Å². The largest absolute Gasteiger partial charge is 0.320 e. The number of fused-ring (bicyclic) bond motifs is 2. The summed E-state index contributed by atoms with van der Waals surface area (Å²) < 4.78 is 19.3. The van der Waals surface area contributed by atoms with Crippen molar-refractivity contribution in [2.45, 2.75) is 25.3 Å².